The fourth-order valence-corrected chi connectivity index (χ4v) is 1.22. The molecule has 1 heterocycles. The molecule has 15 heavy (non-hydrogen) atoms. The number of carbonyl (C=O) groups excluding carboxylic acids is 2. The molecule has 0 saturated carbocycles. The van der Waals surface area contributed by atoms with Crippen LogP contribution in [-0.2, 0) is 27.2 Å². The summed E-state index contributed by atoms with van der Waals surface area (Å²) in [6.45, 7) is 0. The van der Waals surface area contributed by atoms with E-state index in [0.717, 1.165) is 17.8 Å². The highest BCUT2D eigenvalue weighted by molar-refractivity contribution is 5.69. The first-order chi connectivity index (χ1) is 7.26. The van der Waals surface area contributed by atoms with Gasteiger partial charge in [-0.3, -0.25) is 4.79 Å². The van der Waals surface area contributed by atoms with Gasteiger partial charge in [-0.2, -0.15) is 0 Å². The number of furan rings is 1. The lowest BCUT2D eigenvalue weighted by Crippen LogP contribution is -2.01. The standard InChI is InChI=1S/C11H14O4/c1-14-11(13)7-6-10-5-4-9(15-10)3-2-8-12/h4-5,8H,2-3,6-7H2,1H3. The highest BCUT2D eigenvalue weighted by Gasteiger charge is 2.05. The molecule has 0 radical (unpaired) electrons. The smallest absolute Gasteiger partial charge is 0.305 e. The second kappa shape index (κ2) is 6.01. The molecule has 0 aliphatic heterocycles. The van der Waals surface area contributed by atoms with Crippen LogP contribution in [-0.4, -0.2) is 19.4 Å². The van der Waals surface area contributed by atoms with Crippen molar-refractivity contribution in [2.75, 3.05) is 7.11 Å². The number of ether oxygens (including phenoxy) is 1. The molecule has 0 spiro atoms. The second-order valence-electron chi connectivity index (χ2n) is 3.15. The van der Waals surface area contributed by atoms with Gasteiger partial charge in [-0.25, -0.2) is 0 Å². The van der Waals surface area contributed by atoms with Gasteiger partial charge < -0.3 is 13.9 Å². The van der Waals surface area contributed by atoms with Crippen LogP contribution in [0.1, 0.15) is 24.4 Å². The molecule has 1 aromatic rings. The molecule has 4 heteroatoms. The predicted molar refractivity (Wildman–Crippen MR) is 53.4 cm³/mol. The van der Waals surface area contributed by atoms with Crippen molar-refractivity contribution < 1.29 is 18.7 Å². The minimum absolute atomic E-state index is 0.249. The number of hydrogen-bond donors (Lipinski definition) is 0. The van der Waals surface area contributed by atoms with E-state index in [0.29, 0.717) is 25.7 Å². The molecule has 0 N–H and O–H groups in total. The Hall–Kier alpha value is -1.58. The van der Waals surface area contributed by atoms with Gasteiger partial charge in [0.25, 0.3) is 0 Å². The summed E-state index contributed by atoms with van der Waals surface area (Å²) in [5.74, 6) is 1.28. The molecule has 0 atom stereocenters. The molecule has 0 saturated heterocycles. The van der Waals surface area contributed by atoms with Gasteiger partial charge in [-0.15, -0.1) is 0 Å². The molecule has 0 bridgehead atoms. The normalized spacial score (nSPS) is 9.93. The third-order valence-electron chi connectivity index (χ3n) is 2.03. The second-order valence-corrected chi connectivity index (χ2v) is 3.15. The molecule has 82 valence electrons. The van der Waals surface area contributed by atoms with Crippen molar-refractivity contribution in [2.24, 2.45) is 0 Å². The molecular weight excluding hydrogens is 196 g/mol. The van der Waals surface area contributed by atoms with E-state index in [1.165, 1.54) is 7.11 Å². The van der Waals surface area contributed by atoms with E-state index in [4.69, 9.17) is 4.42 Å². The summed E-state index contributed by atoms with van der Waals surface area (Å²) in [6.07, 6.45) is 2.78. The fourth-order valence-electron chi connectivity index (χ4n) is 1.22. The Morgan fingerprint density at radius 2 is 2.07 bits per heavy atom. The first-order valence-corrected chi connectivity index (χ1v) is 4.84. The molecular formula is C11H14O4. The summed E-state index contributed by atoms with van der Waals surface area (Å²) in [5, 5.41) is 0. The summed E-state index contributed by atoms with van der Waals surface area (Å²) in [4.78, 5) is 21.0. The van der Waals surface area contributed by atoms with Gasteiger partial charge >= 0.3 is 5.97 Å². The number of aryl methyl sites for hydroxylation is 2. The third kappa shape index (κ3) is 3.97. The van der Waals surface area contributed by atoms with Gasteiger partial charge in [-0.1, -0.05) is 0 Å². The Morgan fingerprint density at radius 1 is 1.40 bits per heavy atom. The summed E-state index contributed by atoms with van der Waals surface area (Å²) < 4.78 is 9.93. The SMILES string of the molecule is COC(=O)CCc1ccc(CCC=O)o1. The zero-order chi connectivity index (χ0) is 11.1. The molecule has 1 aromatic heterocycles. The van der Waals surface area contributed by atoms with E-state index >= 15 is 0 Å². The van der Waals surface area contributed by atoms with Gasteiger partial charge in [0.1, 0.15) is 17.8 Å². The van der Waals surface area contributed by atoms with E-state index in [1.54, 1.807) is 0 Å². The fraction of sp³-hybridized carbons (Fsp3) is 0.455. The van der Waals surface area contributed by atoms with Crippen molar-refractivity contribution in [3.8, 4) is 0 Å². The highest BCUT2D eigenvalue weighted by Crippen LogP contribution is 2.11. The molecule has 4 nitrogen and oxygen atoms in total. The highest BCUT2D eigenvalue weighted by atomic mass is 16.5. The first kappa shape index (κ1) is 11.5. The van der Waals surface area contributed by atoms with Gasteiger partial charge in [0.2, 0.25) is 0 Å². The minimum atomic E-state index is -0.249. The van der Waals surface area contributed by atoms with Crippen molar-refractivity contribution in [2.45, 2.75) is 25.7 Å². The number of hydrogen-bond acceptors (Lipinski definition) is 4. The summed E-state index contributed by atoms with van der Waals surface area (Å²) in [7, 11) is 1.36. The van der Waals surface area contributed by atoms with Crippen LogP contribution >= 0.6 is 0 Å². The number of carbonyl (C=O) groups is 2. The molecule has 0 amide bonds. The maximum Gasteiger partial charge on any atom is 0.305 e. The summed E-state index contributed by atoms with van der Waals surface area (Å²) in [6, 6.07) is 3.65. The molecule has 1 rings (SSSR count). The minimum Gasteiger partial charge on any atom is -0.469 e. The maximum atomic E-state index is 10.9. The molecule has 0 aromatic carbocycles. The van der Waals surface area contributed by atoms with E-state index < -0.39 is 0 Å². The quantitative estimate of drug-likeness (QED) is 0.527. The lowest BCUT2D eigenvalue weighted by molar-refractivity contribution is -0.140. The maximum absolute atomic E-state index is 10.9. The average Bonchev–Trinajstić information content (AvgIpc) is 2.71. The summed E-state index contributed by atoms with van der Waals surface area (Å²) >= 11 is 0. The van der Waals surface area contributed by atoms with Crippen molar-refractivity contribution in [1.29, 1.82) is 0 Å². The Bertz CT molecular complexity index is 327. The Labute approximate surface area is 88.2 Å². The monoisotopic (exact) mass is 210 g/mol. The van der Waals surface area contributed by atoms with Crippen LogP contribution in [0, 0.1) is 0 Å². The molecule has 0 aliphatic carbocycles. The predicted octanol–water partition coefficient (Wildman–Crippen LogP) is 1.52. The lowest BCUT2D eigenvalue weighted by atomic mass is 10.2. The number of esters is 1. The first-order valence-electron chi connectivity index (χ1n) is 4.84. The lowest BCUT2D eigenvalue weighted by Gasteiger charge is -1.96. The van der Waals surface area contributed by atoms with E-state index in [9.17, 15) is 9.59 Å². The van der Waals surface area contributed by atoms with Crippen LogP contribution in [0.2, 0.25) is 0 Å². The molecule has 0 unspecified atom stereocenters. The number of aldehydes is 1. The molecule has 0 fully saturated rings. The zero-order valence-electron chi connectivity index (χ0n) is 8.69. The average molecular weight is 210 g/mol. The van der Waals surface area contributed by atoms with Crippen LogP contribution in [0.4, 0.5) is 0 Å². The van der Waals surface area contributed by atoms with Crippen LogP contribution in [0.3, 0.4) is 0 Å². The topological polar surface area (TPSA) is 56.5 Å². The van der Waals surface area contributed by atoms with Crippen molar-refractivity contribution in [3.63, 3.8) is 0 Å². The van der Waals surface area contributed by atoms with Crippen LogP contribution < -0.4 is 0 Å². The van der Waals surface area contributed by atoms with Gasteiger partial charge in [0, 0.05) is 19.3 Å². The van der Waals surface area contributed by atoms with Crippen molar-refractivity contribution in [3.05, 3.63) is 23.7 Å². The Balaban J connectivity index is 2.38. The summed E-state index contributed by atoms with van der Waals surface area (Å²) in [5.41, 5.74) is 0. The van der Waals surface area contributed by atoms with Gasteiger partial charge in [0.05, 0.1) is 13.5 Å². The van der Waals surface area contributed by atoms with Crippen molar-refractivity contribution >= 4 is 12.3 Å². The van der Waals surface area contributed by atoms with E-state index in [1.807, 2.05) is 12.1 Å². The largest absolute Gasteiger partial charge is 0.469 e. The van der Waals surface area contributed by atoms with Gasteiger partial charge in [-0.05, 0) is 12.1 Å². The molecule has 0 aliphatic rings. The van der Waals surface area contributed by atoms with E-state index in [2.05, 4.69) is 4.74 Å². The van der Waals surface area contributed by atoms with Gasteiger partial charge in [0.15, 0.2) is 0 Å². The van der Waals surface area contributed by atoms with Crippen molar-refractivity contribution in [1.82, 2.24) is 0 Å². The number of methoxy groups -OCH3 is 1. The third-order valence-corrected chi connectivity index (χ3v) is 2.03. The van der Waals surface area contributed by atoms with E-state index in [-0.39, 0.29) is 5.97 Å². The van der Waals surface area contributed by atoms with Crippen LogP contribution in [0.15, 0.2) is 16.5 Å². The number of rotatable bonds is 6. The zero-order valence-corrected chi connectivity index (χ0v) is 8.69. The Morgan fingerprint density at radius 3 is 2.67 bits per heavy atom. The van der Waals surface area contributed by atoms with Crippen LogP contribution in [0.25, 0.3) is 0 Å². The Kier molecular flexibility index (Phi) is 4.60. The van der Waals surface area contributed by atoms with Crippen LogP contribution in [0.5, 0.6) is 0 Å².